The Balaban J connectivity index is 2.12. The summed E-state index contributed by atoms with van der Waals surface area (Å²) in [7, 11) is 1.68. The standard InChI is InChI=1S/C14H18N4O/c1-11(10-19-3)8-9-18-16-14(15-17-18)13-7-5-4-6-12(13)2/h4-8H,9-10H2,1-3H3. The number of ether oxygens (including phenoxy) is 1. The molecular formula is C14H18N4O. The lowest BCUT2D eigenvalue weighted by Crippen LogP contribution is -2.02. The molecular weight excluding hydrogens is 240 g/mol. The normalized spacial score (nSPS) is 11.8. The van der Waals surface area contributed by atoms with E-state index in [4.69, 9.17) is 4.74 Å². The second-order valence-corrected chi connectivity index (χ2v) is 4.47. The number of aryl methyl sites for hydroxylation is 1. The van der Waals surface area contributed by atoms with Gasteiger partial charge in [-0.2, -0.15) is 4.80 Å². The second kappa shape index (κ2) is 6.24. The Morgan fingerprint density at radius 2 is 2.16 bits per heavy atom. The molecule has 1 heterocycles. The highest BCUT2D eigenvalue weighted by molar-refractivity contribution is 5.58. The van der Waals surface area contributed by atoms with Crippen molar-refractivity contribution in [1.82, 2.24) is 20.2 Å². The predicted octanol–water partition coefficient (Wildman–Crippen LogP) is 2.24. The molecule has 0 radical (unpaired) electrons. The molecule has 5 nitrogen and oxygen atoms in total. The van der Waals surface area contributed by atoms with E-state index < -0.39 is 0 Å². The molecule has 0 aliphatic heterocycles. The number of benzene rings is 1. The minimum atomic E-state index is 0.605. The fraction of sp³-hybridized carbons (Fsp3) is 0.357. The van der Waals surface area contributed by atoms with Gasteiger partial charge in [-0.3, -0.25) is 0 Å². The molecule has 2 aromatic rings. The third-order valence-corrected chi connectivity index (χ3v) is 2.81. The number of nitrogens with zero attached hydrogens (tertiary/aromatic N) is 4. The van der Waals surface area contributed by atoms with Crippen molar-refractivity contribution in [3.05, 3.63) is 41.5 Å². The maximum absolute atomic E-state index is 5.05. The summed E-state index contributed by atoms with van der Waals surface area (Å²) in [6.45, 7) is 5.29. The summed E-state index contributed by atoms with van der Waals surface area (Å²) in [5.41, 5.74) is 3.32. The number of tetrazole rings is 1. The van der Waals surface area contributed by atoms with Crippen LogP contribution in [0.15, 0.2) is 35.9 Å². The average Bonchev–Trinajstić information content (AvgIpc) is 2.86. The molecule has 0 saturated heterocycles. The fourth-order valence-corrected chi connectivity index (χ4v) is 1.78. The van der Waals surface area contributed by atoms with Crippen molar-refractivity contribution in [1.29, 1.82) is 0 Å². The lowest BCUT2D eigenvalue weighted by Gasteiger charge is -1.99. The number of methoxy groups -OCH3 is 1. The van der Waals surface area contributed by atoms with Gasteiger partial charge in [0.05, 0.1) is 13.2 Å². The molecule has 0 aliphatic rings. The van der Waals surface area contributed by atoms with Gasteiger partial charge in [-0.1, -0.05) is 30.3 Å². The molecule has 0 atom stereocenters. The van der Waals surface area contributed by atoms with Crippen molar-refractivity contribution in [2.75, 3.05) is 13.7 Å². The molecule has 5 heteroatoms. The van der Waals surface area contributed by atoms with Gasteiger partial charge in [0.2, 0.25) is 5.82 Å². The zero-order valence-corrected chi connectivity index (χ0v) is 11.5. The van der Waals surface area contributed by atoms with Crippen molar-refractivity contribution < 1.29 is 4.74 Å². The fourth-order valence-electron chi connectivity index (χ4n) is 1.78. The molecule has 0 spiro atoms. The van der Waals surface area contributed by atoms with E-state index in [9.17, 15) is 0 Å². The van der Waals surface area contributed by atoms with Crippen LogP contribution in [-0.4, -0.2) is 33.9 Å². The van der Waals surface area contributed by atoms with Crippen LogP contribution < -0.4 is 0 Å². The van der Waals surface area contributed by atoms with Gasteiger partial charge in [0.15, 0.2) is 0 Å². The average molecular weight is 258 g/mol. The minimum Gasteiger partial charge on any atom is -0.380 e. The van der Waals surface area contributed by atoms with Crippen molar-refractivity contribution in [3.8, 4) is 11.4 Å². The summed E-state index contributed by atoms with van der Waals surface area (Å²) < 4.78 is 5.05. The predicted molar refractivity (Wildman–Crippen MR) is 73.6 cm³/mol. The van der Waals surface area contributed by atoms with E-state index in [0.29, 0.717) is 19.0 Å². The minimum absolute atomic E-state index is 0.605. The van der Waals surface area contributed by atoms with Gasteiger partial charge in [-0.15, -0.1) is 10.2 Å². The van der Waals surface area contributed by atoms with E-state index in [1.807, 2.05) is 44.2 Å². The summed E-state index contributed by atoms with van der Waals surface area (Å²) in [4.78, 5) is 1.58. The lowest BCUT2D eigenvalue weighted by atomic mass is 10.1. The van der Waals surface area contributed by atoms with Crippen LogP contribution in [0.1, 0.15) is 12.5 Å². The Labute approximate surface area is 112 Å². The number of hydrogen-bond donors (Lipinski definition) is 0. The van der Waals surface area contributed by atoms with Gasteiger partial charge < -0.3 is 4.74 Å². The third kappa shape index (κ3) is 3.48. The summed E-state index contributed by atoms with van der Waals surface area (Å²) >= 11 is 0. The summed E-state index contributed by atoms with van der Waals surface area (Å²) in [6.07, 6.45) is 2.03. The first-order valence-electron chi connectivity index (χ1n) is 6.19. The van der Waals surface area contributed by atoms with E-state index in [0.717, 1.165) is 16.7 Å². The largest absolute Gasteiger partial charge is 0.380 e. The SMILES string of the molecule is COCC(C)=CCn1nnc(-c2ccccc2C)n1. The summed E-state index contributed by atoms with van der Waals surface area (Å²) in [5.74, 6) is 0.663. The van der Waals surface area contributed by atoms with Crippen LogP contribution in [-0.2, 0) is 11.3 Å². The lowest BCUT2D eigenvalue weighted by molar-refractivity contribution is 0.225. The van der Waals surface area contributed by atoms with Gasteiger partial charge in [0.1, 0.15) is 0 Å². The third-order valence-electron chi connectivity index (χ3n) is 2.81. The molecule has 19 heavy (non-hydrogen) atoms. The Morgan fingerprint density at radius 1 is 1.37 bits per heavy atom. The Hall–Kier alpha value is -2.01. The number of rotatable bonds is 5. The monoisotopic (exact) mass is 258 g/mol. The Morgan fingerprint density at radius 3 is 2.89 bits per heavy atom. The summed E-state index contributed by atoms with van der Waals surface area (Å²) in [6, 6.07) is 8.02. The van der Waals surface area contributed by atoms with Crippen molar-refractivity contribution in [2.45, 2.75) is 20.4 Å². The molecule has 0 unspecified atom stereocenters. The number of aromatic nitrogens is 4. The molecule has 2 rings (SSSR count). The quantitative estimate of drug-likeness (QED) is 0.772. The van der Waals surface area contributed by atoms with Gasteiger partial charge in [-0.25, -0.2) is 0 Å². The first-order valence-corrected chi connectivity index (χ1v) is 6.19. The van der Waals surface area contributed by atoms with Gasteiger partial charge in [0.25, 0.3) is 0 Å². The molecule has 1 aromatic carbocycles. The highest BCUT2D eigenvalue weighted by Crippen LogP contribution is 2.17. The van der Waals surface area contributed by atoms with Crippen LogP contribution >= 0.6 is 0 Å². The zero-order valence-electron chi connectivity index (χ0n) is 11.5. The van der Waals surface area contributed by atoms with Crippen molar-refractivity contribution in [2.24, 2.45) is 0 Å². The second-order valence-electron chi connectivity index (χ2n) is 4.47. The number of hydrogen-bond acceptors (Lipinski definition) is 4. The van der Waals surface area contributed by atoms with E-state index >= 15 is 0 Å². The van der Waals surface area contributed by atoms with E-state index in [-0.39, 0.29) is 0 Å². The van der Waals surface area contributed by atoms with Crippen molar-refractivity contribution >= 4 is 0 Å². The molecule has 1 aromatic heterocycles. The molecule has 0 amide bonds. The number of allylic oxidation sites excluding steroid dienone is 1. The van der Waals surface area contributed by atoms with Crippen LogP contribution in [0.3, 0.4) is 0 Å². The zero-order chi connectivity index (χ0) is 13.7. The molecule has 100 valence electrons. The molecule has 0 saturated carbocycles. The maximum Gasteiger partial charge on any atom is 0.205 e. The van der Waals surface area contributed by atoms with Gasteiger partial charge in [0, 0.05) is 12.7 Å². The topological polar surface area (TPSA) is 52.8 Å². The highest BCUT2D eigenvalue weighted by atomic mass is 16.5. The molecule has 0 aliphatic carbocycles. The smallest absolute Gasteiger partial charge is 0.205 e. The molecule has 0 N–H and O–H groups in total. The molecule has 0 fully saturated rings. The maximum atomic E-state index is 5.05. The van der Waals surface area contributed by atoms with E-state index in [2.05, 4.69) is 15.4 Å². The van der Waals surface area contributed by atoms with E-state index in [1.54, 1.807) is 11.9 Å². The molecule has 0 bridgehead atoms. The highest BCUT2D eigenvalue weighted by Gasteiger charge is 2.07. The van der Waals surface area contributed by atoms with Crippen LogP contribution in [0.2, 0.25) is 0 Å². The Kier molecular flexibility index (Phi) is 4.41. The van der Waals surface area contributed by atoms with Crippen LogP contribution in [0.25, 0.3) is 11.4 Å². The Bertz CT molecular complexity index is 574. The van der Waals surface area contributed by atoms with Crippen LogP contribution in [0, 0.1) is 6.92 Å². The van der Waals surface area contributed by atoms with E-state index in [1.165, 1.54) is 0 Å². The van der Waals surface area contributed by atoms with Crippen molar-refractivity contribution in [3.63, 3.8) is 0 Å². The first-order chi connectivity index (χ1) is 9.20. The summed E-state index contributed by atoms with van der Waals surface area (Å²) in [5, 5.41) is 12.5. The van der Waals surface area contributed by atoms with Gasteiger partial charge >= 0.3 is 0 Å². The first kappa shape index (κ1) is 13.4. The van der Waals surface area contributed by atoms with Crippen LogP contribution in [0.5, 0.6) is 0 Å². The van der Waals surface area contributed by atoms with Gasteiger partial charge in [-0.05, 0) is 30.2 Å². The van der Waals surface area contributed by atoms with Crippen LogP contribution in [0.4, 0.5) is 0 Å².